The van der Waals surface area contributed by atoms with E-state index in [0.29, 0.717) is 11.2 Å². The Balaban J connectivity index is 3.17. The summed E-state index contributed by atoms with van der Waals surface area (Å²) in [6.07, 6.45) is 0. The topological polar surface area (TPSA) is 46.2 Å². The second-order valence-electron chi connectivity index (χ2n) is 1.81. The van der Waals surface area contributed by atoms with Gasteiger partial charge < -0.3 is 10.8 Å². The molecule has 0 aliphatic heterocycles. The van der Waals surface area contributed by atoms with E-state index in [1.54, 1.807) is 6.07 Å². The number of phenols is 1. The largest absolute Gasteiger partial charge is 0.508 e. The number of hydrogen-bond acceptors (Lipinski definition) is 2. The summed E-state index contributed by atoms with van der Waals surface area (Å²) < 4.78 is 0. The van der Waals surface area contributed by atoms with Gasteiger partial charge in [-0.3, -0.25) is 0 Å². The summed E-state index contributed by atoms with van der Waals surface area (Å²) in [6.45, 7) is 0. The molecule has 0 atom stereocenters. The fourth-order valence-corrected chi connectivity index (χ4v) is 0.562. The molecule has 0 amide bonds. The maximum atomic E-state index is 8.80. The molecule has 0 fully saturated rings. The van der Waals surface area contributed by atoms with E-state index in [-0.39, 0.29) is 5.75 Å². The Labute approximate surface area is 54.7 Å². The first-order chi connectivity index (χ1) is 4.20. The average Bonchev–Trinajstić information content (AvgIpc) is 1.80. The third-order valence-corrected chi connectivity index (χ3v) is 1.07. The zero-order valence-electron chi connectivity index (χ0n) is 4.83. The van der Waals surface area contributed by atoms with Crippen molar-refractivity contribution >= 4 is 19.0 Å². The van der Waals surface area contributed by atoms with E-state index in [9.17, 15) is 0 Å². The van der Waals surface area contributed by atoms with Gasteiger partial charge in [0, 0.05) is 5.69 Å². The standard InChI is InChI=1S/C6H6BNO/c7-5-3-4(9)1-2-6(5)8/h1-3,9H,8H2. The molecular weight excluding hydrogens is 113 g/mol. The molecular formula is C6H6BNO. The van der Waals surface area contributed by atoms with Crippen LogP contribution in [-0.2, 0) is 0 Å². The highest BCUT2D eigenvalue weighted by molar-refractivity contribution is 6.35. The summed E-state index contributed by atoms with van der Waals surface area (Å²) in [6, 6.07) is 4.46. The Kier molecular flexibility index (Phi) is 1.34. The highest BCUT2D eigenvalue weighted by Gasteiger charge is 1.91. The quantitative estimate of drug-likeness (QED) is 0.281. The molecule has 44 valence electrons. The summed E-state index contributed by atoms with van der Waals surface area (Å²) in [5.41, 5.74) is 6.26. The zero-order valence-corrected chi connectivity index (χ0v) is 4.83. The van der Waals surface area contributed by atoms with Crippen molar-refractivity contribution in [2.24, 2.45) is 0 Å². The maximum Gasteiger partial charge on any atom is 0.116 e. The number of hydrogen-bond donors (Lipinski definition) is 2. The average molecular weight is 119 g/mol. The van der Waals surface area contributed by atoms with Crippen LogP contribution in [0.1, 0.15) is 0 Å². The van der Waals surface area contributed by atoms with Gasteiger partial charge in [0.15, 0.2) is 0 Å². The molecule has 2 radical (unpaired) electrons. The van der Waals surface area contributed by atoms with Crippen LogP contribution in [0.15, 0.2) is 18.2 Å². The minimum Gasteiger partial charge on any atom is -0.508 e. The van der Waals surface area contributed by atoms with Crippen LogP contribution >= 0.6 is 0 Å². The first-order valence-corrected chi connectivity index (χ1v) is 2.54. The van der Waals surface area contributed by atoms with Crippen molar-refractivity contribution in [1.82, 2.24) is 0 Å². The van der Waals surface area contributed by atoms with Crippen molar-refractivity contribution in [2.75, 3.05) is 5.73 Å². The number of nitrogens with two attached hydrogens (primary N) is 1. The predicted octanol–water partition coefficient (Wildman–Crippen LogP) is -0.232. The molecule has 1 rings (SSSR count). The smallest absolute Gasteiger partial charge is 0.116 e. The molecule has 9 heavy (non-hydrogen) atoms. The Hall–Kier alpha value is -1.12. The molecule has 0 aliphatic carbocycles. The molecule has 0 aliphatic rings. The van der Waals surface area contributed by atoms with Gasteiger partial charge in [-0.05, 0) is 18.2 Å². The third-order valence-electron chi connectivity index (χ3n) is 1.07. The molecule has 1 aromatic rings. The Morgan fingerprint density at radius 1 is 1.44 bits per heavy atom. The van der Waals surface area contributed by atoms with Crippen molar-refractivity contribution in [3.63, 3.8) is 0 Å². The molecule has 0 heterocycles. The van der Waals surface area contributed by atoms with E-state index in [1.807, 2.05) is 0 Å². The summed E-state index contributed by atoms with van der Waals surface area (Å²) in [4.78, 5) is 0. The number of benzene rings is 1. The molecule has 0 saturated carbocycles. The molecule has 0 bridgehead atoms. The first kappa shape index (κ1) is 6.01. The minimum absolute atomic E-state index is 0.140. The van der Waals surface area contributed by atoms with Gasteiger partial charge in [0.25, 0.3) is 0 Å². The second-order valence-corrected chi connectivity index (χ2v) is 1.81. The highest BCUT2D eigenvalue weighted by Crippen LogP contribution is 2.06. The fourth-order valence-electron chi connectivity index (χ4n) is 0.562. The summed E-state index contributed by atoms with van der Waals surface area (Å²) in [7, 11) is 5.34. The van der Waals surface area contributed by atoms with Crippen molar-refractivity contribution < 1.29 is 5.11 Å². The lowest BCUT2D eigenvalue weighted by Crippen LogP contribution is -2.07. The van der Waals surface area contributed by atoms with Gasteiger partial charge in [-0.1, -0.05) is 5.46 Å². The van der Waals surface area contributed by atoms with Gasteiger partial charge in [-0.25, -0.2) is 0 Å². The number of nitrogen functional groups attached to an aromatic ring is 1. The van der Waals surface area contributed by atoms with Crippen LogP contribution in [0.2, 0.25) is 0 Å². The normalized spacial score (nSPS) is 9.33. The van der Waals surface area contributed by atoms with E-state index >= 15 is 0 Å². The van der Waals surface area contributed by atoms with Crippen LogP contribution in [0.5, 0.6) is 5.75 Å². The van der Waals surface area contributed by atoms with E-state index in [0.717, 1.165) is 0 Å². The van der Waals surface area contributed by atoms with E-state index < -0.39 is 0 Å². The van der Waals surface area contributed by atoms with Gasteiger partial charge in [0.1, 0.15) is 13.6 Å². The molecule has 0 aromatic heterocycles. The minimum atomic E-state index is 0.140. The highest BCUT2D eigenvalue weighted by atomic mass is 16.3. The van der Waals surface area contributed by atoms with Crippen LogP contribution in [0.4, 0.5) is 5.69 Å². The molecule has 2 nitrogen and oxygen atoms in total. The van der Waals surface area contributed by atoms with Gasteiger partial charge in [0.05, 0.1) is 0 Å². The van der Waals surface area contributed by atoms with E-state index in [2.05, 4.69) is 0 Å². The molecule has 0 unspecified atom stereocenters. The van der Waals surface area contributed by atoms with Crippen molar-refractivity contribution in [1.29, 1.82) is 0 Å². The van der Waals surface area contributed by atoms with Crippen LogP contribution in [-0.4, -0.2) is 13.0 Å². The van der Waals surface area contributed by atoms with Crippen LogP contribution in [0.25, 0.3) is 0 Å². The lowest BCUT2D eigenvalue weighted by atomic mass is 9.94. The zero-order chi connectivity index (χ0) is 6.85. The first-order valence-electron chi connectivity index (χ1n) is 2.54. The molecule has 0 saturated heterocycles. The van der Waals surface area contributed by atoms with Gasteiger partial charge in [-0.15, -0.1) is 0 Å². The molecule has 0 spiro atoms. The van der Waals surface area contributed by atoms with Crippen LogP contribution < -0.4 is 11.2 Å². The molecule has 3 heteroatoms. The van der Waals surface area contributed by atoms with E-state index in [1.165, 1.54) is 12.1 Å². The Morgan fingerprint density at radius 3 is 2.56 bits per heavy atom. The molecule has 3 N–H and O–H groups in total. The lowest BCUT2D eigenvalue weighted by Gasteiger charge is -1.98. The van der Waals surface area contributed by atoms with Gasteiger partial charge in [0.2, 0.25) is 0 Å². The lowest BCUT2D eigenvalue weighted by molar-refractivity contribution is 0.476. The summed E-state index contributed by atoms with van der Waals surface area (Å²) in [5, 5.41) is 8.80. The van der Waals surface area contributed by atoms with Gasteiger partial charge >= 0.3 is 0 Å². The predicted molar refractivity (Wildman–Crippen MR) is 37.9 cm³/mol. The third kappa shape index (κ3) is 1.16. The second kappa shape index (κ2) is 2.01. The van der Waals surface area contributed by atoms with Crippen LogP contribution in [0.3, 0.4) is 0 Å². The van der Waals surface area contributed by atoms with Crippen molar-refractivity contribution in [2.45, 2.75) is 0 Å². The number of anilines is 1. The summed E-state index contributed by atoms with van der Waals surface area (Å²) >= 11 is 0. The van der Waals surface area contributed by atoms with Crippen LogP contribution in [0, 0.1) is 0 Å². The maximum absolute atomic E-state index is 8.80. The number of phenolic OH excluding ortho intramolecular Hbond substituents is 1. The molecule has 1 aromatic carbocycles. The Bertz CT molecular complexity index is 224. The number of aromatic hydroxyl groups is 1. The van der Waals surface area contributed by atoms with Crippen molar-refractivity contribution in [3.8, 4) is 5.75 Å². The monoisotopic (exact) mass is 119 g/mol. The van der Waals surface area contributed by atoms with E-state index in [4.69, 9.17) is 18.7 Å². The van der Waals surface area contributed by atoms with Gasteiger partial charge in [-0.2, -0.15) is 0 Å². The summed E-state index contributed by atoms with van der Waals surface area (Å²) in [5.74, 6) is 0.140. The number of rotatable bonds is 0. The van der Waals surface area contributed by atoms with Crippen molar-refractivity contribution in [3.05, 3.63) is 18.2 Å². The fraction of sp³-hybridized carbons (Fsp3) is 0. The Morgan fingerprint density at radius 2 is 2.11 bits per heavy atom. The SMILES string of the molecule is [B]c1cc(O)ccc1N.